The largest absolute Gasteiger partial charge is 0.497 e. The van der Waals surface area contributed by atoms with Gasteiger partial charge in [-0.3, -0.25) is 14.5 Å². The molecule has 1 heterocycles. The average Bonchev–Trinajstić information content (AvgIpc) is 3.28. The Morgan fingerprint density at radius 3 is 2.57 bits per heavy atom. The third-order valence-corrected chi connectivity index (χ3v) is 5.72. The van der Waals surface area contributed by atoms with E-state index in [9.17, 15) is 9.59 Å². The number of nitrogens with one attached hydrogen (secondary N) is 2. The van der Waals surface area contributed by atoms with Crippen molar-refractivity contribution in [2.75, 3.05) is 26.7 Å². The Kier molecular flexibility index (Phi) is 7.71. The van der Waals surface area contributed by atoms with Gasteiger partial charge in [0.05, 0.1) is 23.7 Å². The first kappa shape index (κ1) is 22.1. The highest BCUT2D eigenvalue weighted by atomic mass is 35.5. The summed E-state index contributed by atoms with van der Waals surface area (Å²) in [5.41, 5.74) is 1.45. The fourth-order valence-corrected chi connectivity index (χ4v) is 3.92. The molecule has 2 unspecified atom stereocenters. The van der Waals surface area contributed by atoms with Crippen molar-refractivity contribution in [3.05, 3.63) is 64.7 Å². The molecular formula is C23H28ClN3O3. The minimum absolute atomic E-state index is 0.0537. The second kappa shape index (κ2) is 10.5. The quantitative estimate of drug-likeness (QED) is 0.674. The van der Waals surface area contributed by atoms with Gasteiger partial charge in [-0.2, -0.15) is 0 Å². The molecule has 1 aliphatic heterocycles. The van der Waals surface area contributed by atoms with Gasteiger partial charge in [0, 0.05) is 6.54 Å². The van der Waals surface area contributed by atoms with Crippen molar-refractivity contribution in [1.29, 1.82) is 0 Å². The first-order valence-corrected chi connectivity index (χ1v) is 10.6. The highest BCUT2D eigenvalue weighted by Gasteiger charge is 2.25. The molecule has 2 N–H and O–H groups in total. The van der Waals surface area contributed by atoms with Crippen molar-refractivity contribution in [3.63, 3.8) is 0 Å². The van der Waals surface area contributed by atoms with Crippen LogP contribution in [0.2, 0.25) is 5.02 Å². The van der Waals surface area contributed by atoms with E-state index in [0.717, 1.165) is 37.2 Å². The normalized spacial score (nSPS) is 16.0. The van der Waals surface area contributed by atoms with Gasteiger partial charge < -0.3 is 15.4 Å². The SMILES string of the molecule is COc1cccc(C(CNC(=O)C(C)NC(=O)c2ccccc2Cl)N2CCCC2)c1. The van der Waals surface area contributed by atoms with Crippen LogP contribution in [-0.4, -0.2) is 49.5 Å². The zero-order valence-corrected chi connectivity index (χ0v) is 18.1. The van der Waals surface area contributed by atoms with Gasteiger partial charge in [-0.25, -0.2) is 0 Å². The molecule has 30 heavy (non-hydrogen) atoms. The first-order chi connectivity index (χ1) is 14.5. The van der Waals surface area contributed by atoms with Crippen molar-refractivity contribution in [2.45, 2.75) is 31.8 Å². The minimum Gasteiger partial charge on any atom is -0.497 e. The van der Waals surface area contributed by atoms with E-state index < -0.39 is 6.04 Å². The van der Waals surface area contributed by atoms with Gasteiger partial charge in [-0.05, 0) is 62.7 Å². The lowest BCUT2D eigenvalue weighted by Crippen LogP contribution is -2.47. The maximum Gasteiger partial charge on any atom is 0.253 e. The van der Waals surface area contributed by atoms with Crippen molar-refractivity contribution in [1.82, 2.24) is 15.5 Å². The van der Waals surface area contributed by atoms with Crippen molar-refractivity contribution in [2.24, 2.45) is 0 Å². The lowest BCUT2D eigenvalue weighted by Gasteiger charge is -2.29. The predicted molar refractivity (Wildman–Crippen MR) is 118 cm³/mol. The molecule has 1 saturated heterocycles. The number of amides is 2. The van der Waals surface area contributed by atoms with Crippen LogP contribution in [0.15, 0.2) is 48.5 Å². The number of benzene rings is 2. The van der Waals surface area contributed by atoms with Crippen LogP contribution in [-0.2, 0) is 4.79 Å². The first-order valence-electron chi connectivity index (χ1n) is 10.2. The van der Waals surface area contributed by atoms with Gasteiger partial charge in [0.25, 0.3) is 5.91 Å². The van der Waals surface area contributed by atoms with E-state index in [2.05, 4.69) is 21.6 Å². The monoisotopic (exact) mass is 429 g/mol. The summed E-state index contributed by atoms with van der Waals surface area (Å²) < 4.78 is 5.36. The summed E-state index contributed by atoms with van der Waals surface area (Å²) in [7, 11) is 1.65. The topological polar surface area (TPSA) is 70.7 Å². The highest BCUT2D eigenvalue weighted by molar-refractivity contribution is 6.33. The highest BCUT2D eigenvalue weighted by Crippen LogP contribution is 2.27. The van der Waals surface area contributed by atoms with E-state index in [4.69, 9.17) is 16.3 Å². The van der Waals surface area contributed by atoms with Crippen LogP contribution in [0.25, 0.3) is 0 Å². The number of halogens is 1. The number of ether oxygens (including phenoxy) is 1. The molecule has 1 fully saturated rings. The molecule has 6 nitrogen and oxygen atoms in total. The standard InChI is InChI=1S/C23H28ClN3O3/c1-16(26-23(29)19-10-3-4-11-20(19)24)22(28)25-15-21(27-12-5-6-13-27)17-8-7-9-18(14-17)30-2/h3-4,7-11,14,16,21H,5-6,12-13,15H2,1-2H3,(H,25,28)(H,26,29). The summed E-state index contributed by atoms with van der Waals surface area (Å²) in [6.07, 6.45) is 2.30. The molecule has 0 aliphatic carbocycles. The maximum absolute atomic E-state index is 12.7. The van der Waals surface area contributed by atoms with Gasteiger partial charge in [0.2, 0.25) is 5.91 Å². The Bertz CT molecular complexity index is 884. The van der Waals surface area contributed by atoms with Crippen LogP contribution < -0.4 is 15.4 Å². The van der Waals surface area contributed by atoms with E-state index in [-0.39, 0.29) is 17.9 Å². The lowest BCUT2D eigenvalue weighted by molar-refractivity contribution is -0.122. The molecule has 3 rings (SSSR count). The zero-order chi connectivity index (χ0) is 21.5. The lowest BCUT2D eigenvalue weighted by atomic mass is 10.0. The number of rotatable bonds is 8. The number of nitrogens with zero attached hydrogens (tertiary/aromatic N) is 1. The Morgan fingerprint density at radius 1 is 1.13 bits per heavy atom. The number of carbonyl (C=O) groups is 2. The molecule has 0 aromatic heterocycles. The number of likely N-dealkylation sites (tertiary alicyclic amines) is 1. The average molecular weight is 430 g/mol. The Balaban J connectivity index is 1.63. The summed E-state index contributed by atoms with van der Waals surface area (Å²) in [6, 6.07) is 14.1. The zero-order valence-electron chi connectivity index (χ0n) is 17.4. The second-order valence-corrected chi connectivity index (χ2v) is 7.86. The van der Waals surface area contributed by atoms with Crippen LogP contribution in [0.4, 0.5) is 0 Å². The molecule has 2 amide bonds. The third kappa shape index (κ3) is 5.52. The van der Waals surface area contributed by atoms with Crippen LogP contribution in [0.3, 0.4) is 0 Å². The van der Waals surface area contributed by atoms with E-state index >= 15 is 0 Å². The van der Waals surface area contributed by atoms with Gasteiger partial charge in [-0.15, -0.1) is 0 Å². The summed E-state index contributed by atoms with van der Waals surface area (Å²) >= 11 is 6.07. The smallest absolute Gasteiger partial charge is 0.253 e. The maximum atomic E-state index is 12.7. The number of hydrogen-bond donors (Lipinski definition) is 2. The number of carbonyl (C=O) groups excluding carboxylic acids is 2. The second-order valence-electron chi connectivity index (χ2n) is 7.46. The van der Waals surface area contributed by atoms with Gasteiger partial charge in [0.1, 0.15) is 11.8 Å². The molecule has 2 aromatic carbocycles. The van der Waals surface area contributed by atoms with Crippen LogP contribution in [0, 0.1) is 0 Å². The van der Waals surface area contributed by atoms with Crippen molar-refractivity contribution in [3.8, 4) is 5.75 Å². The molecule has 2 aromatic rings. The molecule has 2 atom stereocenters. The van der Waals surface area contributed by atoms with Crippen molar-refractivity contribution >= 4 is 23.4 Å². The molecule has 0 bridgehead atoms. The number of methoxy groups -OCH3 is 1. The summed E-state index contributed by atoms with van der Waals surface area (Å²) in [5.74, 6) is 0.193. The minimum atomic E-state index is -0.682. The fraction of sp³-hybridized carbons (Fsp3) is 0.391. The van der Waals surface area contributed by atoms with E-state index in [0.29, 0.717) is 17.1 Å². The summed E-state index contributed by atoms with van der Waals surface area (Å²) in [5, 5.41) is 6.07. The van der Waals surface area contributed by atoms with Crippen LogP contribution in [0.1, 0.15) is 41.7 Å². The molecule has 1 aliphatic rings. The van der Waals surface area contributed by atoms with Gasteiger partial charge in [0.15, 0.2) is 0 Å². The molecule has 0 radical (unpaired) electrons. The van der Waals surface area contributed by atoms with Crippen LogP contribution >= 0.6 is 11.6 Å². The Hall–Kier alpha value is -2.57. The number of hydrogen-bond acceptors (Lipinski definition) is 4. The van der Waals surface area contributed by atoms with E-state index in [1.807, 2.05) is 18.2 Å². The third-order valence-electron chi connectivity index (χ3n) is 5.39. The summed E-state index contributed by atoms with van der Waals surface area (Å²) in [6.45, 7) is 4.12. The molecular weight excluding hydrogens is 402 g/mol. The molecule has 7 heteroatoms. The molecule has 0 saturated carbocycles. The van der Waals surface area contributed by atoms with Gasteiger partial charge in [-0.1, -0.05) is 35.9 Å². The van der Waals surface area contributed by atoms with E-state index in [1.54, 1.807) is 38.3 Å². The van der Waals surface area contributed by atoms with Gasteiger partial charge >= 0.3 is 0 Å². The molecule has 0 spiro atoms. The predicted octanol–water partition coefficient (Wildman–Crippen LogP) is 3.42. The van der Waals surface area contributed by atoms with Crippen molar-refractivity contribution < 1.29 is 14.3 Å². The Morgan fingerprint density at radius 2 is 1.87 bits per heavy atom. The van der Waals surface area contributed by atoms with E-state index in [1.165, 1.54) is 0 Å². The Labute approximate surface area is 182 Å². The van der Waals surface area contributed by atoms with Crippen LogP contribution in [0.5, 0.6) is 5.75 Å². The molecule has 160 valence electrons. The fourth-order valence-electron chi connectivity index (χ4n) is 3.70. The summed E-state index contributed by atoms with van der Waals surface area (Å²) in [4.78, 5) is 27.5.